The van der Waals surface area contributed by atoms with Gasteiger partial charge in [-0.25, -0.2) is 9.69 Å². The summed E-state index contributed by atoms with van der Waals surface area (Å²) in [5.74, 6) is 0. The second-order valence-corrected chi connectivity index (χ2v) is 13.9. The van der Waals surface area contributed by atoms with Crippen LogP contribution in [0.4, 0.5) is 11.4 Å². The van der Waals surface area contributed by atoms with Crippen LogP contribution in [0.3, 0.4) is 0 Å². The topological polar surface area (TPSA) is 23.5 Å². The molecule has 0 atom stereocenters. The molecule has 5 heteroatoms. The Labute approximate surface area is 316 Å². The minimum atomic E-state index is 0.538. The summed E-state index contributed by atoms with van der Waals surface area (Å²) in [6.07, 6.45) is 0. The van der Waals surface area contributed by atoms with Crippen LogP contribution >= 0.6 is 0 Å². The molecule has 0 amide bonds. The number of nitrogens with zero attached hydrogens (tertiary/aromatic N) is 5. The van der Waals surface area contributed by atoms with Gasteiger partial charge in [-0.3, -0.25) is 0 Å². The first kappa shape index (κ1) is 30.7. The van der Waals surface area contributed by atoms with Gasteiger partial charge in [0.15, 0.2) is 5.69 Å². The smallest absolute Gasteiger partial charge is 0.211 e. The van der Waals surface area contributed by atoms with Crippen molar-refractivity contribution in [1.29, 1.82) is 0 Å². The van der Waals surface area contributed by atoms with Gasteiger partial charge in [0.25, 0.3) is 0 Å². The molecule has 0 N–H and O–H groups in total. The quantitative estimate of drug-likeness (QED) is 0.163. The molecule has 8 aromatic carbocycles. The molecule has 5 nitrogen and oxygen atoms in total. The molecule has 0 saturated carbocycles. The molecule has 3 aromatic heterocycles. The fourth-order valence-electron chi connectivity index (χ4n) is 8.85. The van der Waals surface area contributed by atoms with Gasteiger partial charge >= 0.3 is 0 Å². The number of fused-ring (bicyclic) bond motifs is 9. The summed E-state index contributed by atoms with van der Waals surface area (Å²) in [4.78, 5) is 7.92. The minimum Gasteiger partial charge on any atom is -0.320 e. The summed E-state index contributed by atoms with van der Waals surface area (Å²) in [7, 11) is 0. The van der Waals surface area contributed by atoms with Gasteiger partial charge in [-0.05, 0) is 48.0 Å². The van der Waals surface area contributed by atoms with Gasteiger partial charge in [0.2, 0.25) is 5.69 Å². The lowest BCUT2D eigenvalue weighted by Gasteiger charge is -2.20. The van der Waals surface area contributed by atoms with E-state index in [1.807, 2.05) is 42.5 Å². The van der Waals surface area contributed by atoms with Gasteiger partial charge in [0.1, 0.15) is 0 Å². The highest BCUT2D eigenvalue weighted by Gasteiger charge is 2.24. The fraction of sp³-hybridized carbons (Fsp3) is 0. The Balaban J connectivity index is 1.27. The lowest BCUT2D eigenvalue weighted by Crippen LogP contribution is -2.03. The third kappa shape index (κ3) is 4.33. The van der Waals surface area contributed by atoms with E-state index in [1.165, 1.54) is 16.2 Å². The van der Waals surface area contributed by atoms with E-state index in [2.05, 4.69) is 157 Å². The lowest BCUT2D eigenvalue weighted by molar-refractivity contribution is 1.13. The zero-order valence-corrected chi connectivity index (χ0v) is 29.5. The molecule has 0 aliphatic rings. The maximum atomic E-state index is 8.44. The molecule has 0 bridgehead atoms. The first-order valence-corrected chi connectivity index (χ1v) is 18.3. The highest BCUT2D eigenvalue weighted by atomic mass is 15.1. The van der Waals surface area contributed by atoms with Crippen molar-refractivity contribution in [3.63, 3.8) is 0 Å². The van der Waals surface area contributed by atoms with Crippen LogP contribution in [0.2, 0.25) is 0 Å². The molecule has 0 unspecified atom stereocenters. The van der Waals surface area contributed by atoms with Crippen LogP contribution < -0.4 is 0 Å². The van der Waals surface area contributed by atoms with E-state index in [9.17, 15) is 0 Å². The standard InChI is InChI=1S/C50H29N5/c1-51-32-29-30-38-35-17-5-10-25-44(35)55(48(38)31-32)49-39(20-13-22-41(49)52-2)36-18-6-11-26-45(36)54-46-27-12-7-19-37(46)40-21-14-28-47(50(40)54)53-42-23-8-3-15-33(42)34-16-4-9-24-43(34)53/h3-31H. The van der Waals surface area contributed by atoms with Gasteiger partial charge < -0.3 is 13.7 Å². The lowest BCUT2D eigenvalue weighted by atomic mass is 9.99. The van der Waals surface area contributed by atoms with Crippen molar-refractivity contribution in [3.8, 4) is 28.2 Å². The van der Waals surface area contributed by atoms with Crippen LogP contribution in [0.25, 0.3) is 103 Å². The van der Waals surface area contributed by atoms with Crippen molar-refractivity contribution in [2.24, 2.45) is 0 Å². The zero-order chi connectivity index (χ0) is 36.6. The molecule has 0 saturated heterocycles. The molecule has 254 valence electrons. The van der Waals surface area contributed by atoms with Gasteiger partial charge in [-0.2, -0.15) is 0 Å². The van der Waals surface area contributed by atoms with Crippen LogP contribution in [0.15, 0.2) is 176 Å². The van der Waals surface area contributed by atoms with Gasteiger partial charge in [0.05, 0.1) is 57.8 Å². The molecule has 0 radical (unpaired) electrons. The van der Waals surface area contributed by atoms with E-state index < -0.39 is 0 Å². The number of benzene rings is 8. The maximum absolute atomic E-state index is 8.44. The number of hydrogen-bond donors (Lipinski definition) is 0. The predicted molar refractivity (Wildman–Crippen MR) is 227 cm³/mol. The largest absolute Gasteiger partial charge is 0.320 e. The Morgan fingerprint density at radius 3 is 1.49 bits per heavy atom. The third-order valence-electron chi connectivity index (χ3n) is 11.1. The Kier molecular flexibility index (Phi) is 6.61. The Bertz CT molecular complexity index is 3420. The van der Waals surface area contributed by atoms with Crippen molar-refractivity contribution < 1.29 is 0 Å². The van der Waals surface area contributed by atoms with Crippen molar-refractivity contribution in [3.05, 3.63) is 199 Å². The van der Waals surface area contributed by atoms with Crippen LogP contribution in [0.5, 0.6) is 0 Å². The molecule has 0 aliphatic carbocycles. The first-order valence-electron chi connectivity index (χ1n) is 18.3. The van der Waals surface area contributed by atoms with Crippen LogP contribution in [-0.4, -0.2) is 13.7 Å². The average Bonchev–Trinajstić information content (AvgIpc) is 3.89. The SMILES string of the molecule is [C-]#[N+]c1ccc2c3ccccc3n(-c3c([N+]#[C-])cccc3-c3ccccc3-n3c4ccccc4c4cccc(-n5c6ccccc6c6ccccc65)c43)c2c1. The predicted octanol–water partition coefficient (Wildman–Crippen LogP) is 13.7. The summed E-state index contributed by atoms with van der Waals surface area (Å²) in [6, 6.07) is 61.3. The van der Waals surface area contributed by atoms with Crippen LogP contribution in [0, 0.1) is 13.1 Å². The normalized spacial score (nSPS) is 11.6. The van der Waals surface area contributed by atoms with E-state index in [1.54, 1.807) is 0 Å². The first-order chi connectivity index (χ1) is 27.2. The second-order valence-electron chi connectivity index (χ2n) is 13.9. The highest BCUT2D eigenvalue weighted by Crippen LogP contribution is 2.45. The number of aromatic nitrogens is 3. The number of hydrogen-bond acceptors (Lipinski definition) is 0. The summed E-state index contributed by atoms with van der Waals surface area (Å²) in [5, 5.41) is 6.87. The maximum Gasteiger partial charge on any atom is 0.211 e. The molecule has 0 aliphatic heterocycles. The van der Waals surface area contributed by atoms with Gasteiger partial charge in [0, 0.05) is 43.4 Å². The summed E-state index contributed by atoms with van der Waals surface area (Å²) >= 11 is 0. The summed E-state index contributed by atoms with van der Waals surface area (Å²) < 4.78 is 7.01. The van der Waals surface area contributed by atoms with E-state index in [-0.39, 0.29) is 0 Å². The minimum absolute atomic E-state index is 0.538. The molecule has 0 spiro atoms. The number of para-hydroxylation sites is 7. The summed E-state index contributed by atoms with van der Waals surface area (Å²) in [6.45, 7) is 16.3. The summed E-state index contributed by atoms with van der Waals surface area (Å²) in [5.41, 5.74) is 12.3. The monoisotopic (exact) mass is 699 g/mol. The molecule has 55 heavy (non-hydrogen) atoms. The van der Waals surface area contributed by atoms with Crippen molar-refractivity contribution in [2.75, 3.05) is 0 Å². The third-order valence-corrected chi connectivity index (χ3v) is 11.1. The molecular weight excluding hydrogens is 671 g/mol. The Morgan fingerprint density at radius 1 is 0.345 bits per heavy atom. The second kappa shape index (κ2) is 11.8. The average molecular weight is 700 g/mol. The highest BCUT2D eigenvalue weighted by molar-refractivity contribution is 6.16. The van der Waals surface area contributed by atoms with Crippen LogP contribution in [-0.2, 0) is 0 Å². The van der Waals surface area contributed by atoms with E-state index in [4.69, 9.17) is 13.1 Å². The molecule has 11 aromatic rings. The van der Waals surface area contributed by atoms with E-state index in [0.29, 0.717) is 11.4 Å². The Morgan fingerprint density at radius 2 is 0.836 bits per heavy atom. The van der Waals surface area contributed by atoms with Gasteiger partial charge in [-0.15, -0.1) is 0 Å². The van der Waals surface area contributed by atoms with Crippen LogP contribution in [0.1, 0.15) is 0 Å². The number of rotatable bonds is 4. The fourth-order valence-corrected chi connectivity index (χ4v) is 8.85. The van der Waals surface area contributed by atoms with Crippen molar-refractivity contribution in [2.45, 2.75) is 0 Å². The molecule has 0 fully saturated rings. The molecular formula is C50H29N5. The van der Waals surface area contributed by atoms with E-state index >= 15 is 0 Å². The zero-order valence-electron chi connectivity index (χ0n) is 29.5. The van der Waals surface area contributed by atoms with Crippen molar-refractivity contribution in [1.82, 2.24) is 13.7 Å². The van der Waals surface area contributed by atoms with E-state index in [0.717, 1.165) is 77.4 Å². The molecule has 11 rings (SSSR count). The Hall–Kier alpha value is -7.86. The molecule has 3 heterocycles. The van der Waals surface area contributed by atoms with Crippen molar-refractivity contribution >= 4 is 76.8 Å². The van der Waals surface area contributed by atoms with Gasteiger partial charge in [-0.1, -0.05) is 133 Å².